The van der Waals surface area contributed by atoms with Crippen molar-refractivity contribution in [2.75, 3.05) is 6.54 Å². The van der Waals surface area contributed by atoms with E-state index in [0.717, 1.165) is 24.3 Å². The average Bonchev–Trinajstić information content (AvgIpc) is 2.59. The molecule has 3 N–H and O–H groups in total. The summed E-state index contributed by atoms with van der Waals surface area (Å²) in [5, 5.41) is 12.1. The Kier molecular flexibility index (Phi) is 6.58. The van der Waals surface area contributed by atoms with Gasteiger partial charge in [-0.2, -0.15) is 4.72 Å². The fraction of sp³-hybridized carbons (Fsp3) is 0.235. The minimum absolute atomic E-state index is 0.226. The monoisotopic (exact) mass is 402 g/mol. The van der Waals surface area contributed by atoms with Gasteiger partial charge in [0.25, 0.3) is 0 Å². The van der Waals surface area contributed by atoms with E-state index in [9.17, 15) is 31.5 Å². The largest absolute Gasteiger partial charge is 0.386 e. The molecule has 0 heterocycles. The van der Waals surface area contributed by atoms with Gasteiger partial charge in [-0.25, -0.2) is 21.6 Å². The van der Waals surface area contributed by atoms with Gasteiger partial charge in [0, 0.05) is 18.2 Å². The molecule has 0 bridgehead atoms. The normalized spacial score (nSPS) is 13.8. The zero-order valence-electron chi connectivity index (χ0n) is 14.1. The van der Waals surface area contributed by atoms with E-state index >= 15 is 0 Å². The summed E-state index contributed by atoms with van der Waals surface area (Å²) in [5.41, 5.74) is -0.226. The van der Waals surface area contributed by atoms with E-state index in [1.165, 1.54) is 19.1 Å². The van der Waals surface area contributed by atoms with E-state index in [1.807, 2.05) is 4.72 Å². The summed E-state index contributed by atoms with van der Waals surface area (Å²) in [4.78, 5) is 11.4. The number of sulfonamides is 1. The lowest BCUT2D eigenvalue weighted by Gasteiger charge is -2.17. The van der Waals surface area contributed by atoms with E-state index in [0.29, 0.717) is 6.07 Å². The molecule has 0 aromatic heterocycles. The maximum atomic E-state index is 13.6. The van der Waals surface area contributed by atoms with Crippen LogP contribution >= 0.6 is 0 Å². The summed E-state index contributed by atoms with van der Waals surface area (Å²) in [6.45, 7) is 0.783. The molecule has 1 amide bonds. The van der Waals surface area contributed by atoms with Gasteiger partial charge in [-0.3, -0.25) is 4.79 Å². The van der Waals surface area contributed by atoms with Crippen molar-refractivity contribution >= 4 is 15.9 Å². The molecule has 0 saturated carbocycles. The number of hydrogen-bond donors (Lipinski definition) is 3. The van der Waals surface area contributed by atoms with Crippen LogP contribution in [0.25, 0.3) is 0 Å². The number of aliphatic hydroxyl groups is 1. The molecule has 1 unspecified atom stereocenters. The molecule has 2 aromatic carbocycles. The van der Waals surface area contributed by atoms with Crippen LogP contribution in [0.3, 0.4) is 0 Å². The zero-order valence-corrected chi connectivity index (χ0v) is 14.9. The first-order valence-electron chi connectivity index (χ1n) is 7.79. The molecule has 0 spiro atoms. The van der Waals surface area contributed by atoms with Crippen LogP contribution in [0, 0.1) is 17.5 Å². The van der Waals surface area contributed by atoms with Crippen LogP contribution in [-0.4, -0.2) is 32.0 Å². The summed E-state index contributed by atoms with van der Waals surface area (Å²) in [6.07, 6.45) is -1.47. The summed E-state index contributed by atoms with van der Waals surface area (Å²) in [6, 6.07) is 5.94. The Bertz CT molecular complexity index is 938. The third-order valence-electron chi connectivity index (χ3n) is 3.64. The Labute approximate surface area is 154 Å². The second-order valence-electron chi connectivity index (χ2n) is 5.70. The number of carbonyl (C=O) groups excluding carboxylic acids is 1. The fourth-order valence-corrected chi connectivity index (χ4v) is 3.53. The van der Waals surface area contributed by atoms with Crippen LogP contribution in [0.1, 0.15) is 18.6 Å². The number of hydrogen-bond acceptors (Lipinski definition) is 4. The first-order valence-corrected chi connectivity index (χ1v) is 9.27. The number of halogens is 3. The molecule has 0 saturated heterocycles. The molecule has 2 rings (SSSR count). The lowest BCUT2D eigenvalue weighted by molar-refractivity contribution is -0.122. The van der Waals surface area contributed by atoms with Gasteiger partial charge in [-0.05, 0) is 25.1 Å². The Morgan fingerprint density at radius 2 is 1.78 bits per heavy atom. The van der Waals surface area contributed by atoms with Crippen LogP contribution < -0.4 is 10.0 Å². The molecule has 2 atom stereocenters. The molecule has 27 heavy (non-hydrogen) atoms. The number of amides is 1. The lowest BCUT2D eigenvalue weighted by atomic mass is 10.1. The highest BCUT2D eigenvalue weighted by Gasteiger charge is 2.25. The highest BCUT2D eigenvalue weighted by atomic mass is 32.2. The second kappa shape index (κ2) is 8.51. The van der Waals surface area contributed by atoms with Gasteiger partial charge >= 0.3 is 0 Å². The van der Waals surface area contributed by atoms with Crippen molar-refractivity contribution in [3.8, 4) is 0 Å². The molecule has 0 fully saturated rings. The van der Waals surface area contributed by atoms with E-state index in [2.05, 4.69) is 5.32 Å². The standard InChI is InChI=1S/C17H17F3N2O4S/c1-10(22-27(25,26)16-5-3-2-4-13(16)19)17(24)21-9-15(23)12-7-6-11(18)8-14(12)20/h2-8,10,15,22-23H,9H2,1H3,(H,21,24)/t10-,15?/m0/s1. The Balaban J connectivity index is 1.98. The van der Waals surface area contributed by atoms with Gasteiger partial charge in [-0.1, -0.05) is 18.2 Å². The number of benzene rings is 2. The van der Waals surface area contributed by atoms with E-state index < -0.39 is 57.0 Å². The molecule has 0 aliphatic rings. The van der Waals surface area contributed by atoms with Crippen LogP contribution in [-0.2, 0) is 14.8 Å². The molecule has 6 nitrogen and oxygen atoms in total. The van der Waals surface area contributed by atoms with Crippen molar-refractivity contribution in [2.24, 2.45) is 0 Å². The highest BCUT2D eigenvalue weighted by Crippen LogP contribution is 2.17. The summed E-state index contributed by atoms with van der Waals surface area (Å²) in [5.74, 6) is -3.59. The summed E-state index contributed by atoms with van der Waals surface area (Å²) < 4.78 is 66.4. The molecule has 2 aromatic rings. The minimum atomic E-state index is -4.29. The van der Waals surface area contributed by atoms with Crippen LogP contribution in [0.4, 0.5) is 13.2 Å². The molecular formula is C17H17F3N2O4S. The summed E-state index contributed by atoms with van der Waals surface area (Å²) in [7, 11) is -4.29. The number of nitrogens with one attached hydrogen (secondary N) is 2. The van der Waals surface area contributed by atoms with Gasteiger partial charge in [-0.15, -0.1) is 0 Å². The quantitative estimate of drug-likeness (QED) is 0.656. The molecule has 10 heteroatoms. The topological polar surface area (TPSA) is 95.5 Å². The van der Waals surface area contributed by atoms with Crippen LogP contribution in [0.5, 0.6) is 0 Å². The van der Waals surface area contributed by atoms with Crippen LogP contribution in [0.15, 0.2) is 47.4 Å². The van der Waals surface area contributed by atoms with Gasteiger partial charge < -0.3 is 10.4 Å². The minimum Gasteiger partial charge on any atom is -0.386 e. The first-order chi connectivity index (χ1) is 12.6. The SMILES string of the molecule is C[C@H](NS(=O)(=O)c1ccccc1F)C(=O)NCC(O)c1ccc(F)cc1F. The third kappa shape index (κ3) is 5.28. The highest BCUT2D eigenvalue weighted by molar-refractivity contribution is 7.89. The smallest absolute Gasteiger partial charge is 0.244 e. The molecule has 146 valence electrons. The average molecular weight is 402 g/mol. The third-order valence-corrected chi connectivity index (χ3v) is 5.22. The van der Waals surface area contributed by atoms with Crippen molar-refractivity contribution in [3.05, 3.63) is 65.5 Å². The fourth-order valence-electron chi connectivity index (χ4n) is 2.24. The van der Waals surface area contributed by atoms with Crippen LogP contribution in [0.2, 0.25) is 0 Å². The lowest BCUT2D eigenvalue weighted by Crippen LogP contribution is -2.45. The number of rotatable bonds is 7. The van der Waals surface area contributed by atoms with E-state index in [-0.39, 0.29) is 5.56 Å². The number of aliphatic hydroxyl groups excluding tert-OH is 1. The molecular weight excluding hydrogens is 385 g/mol. The second-order valence-corrected chi connectivity index (χ2v) is 7.38. The molecule has 0 aliphatic heterocycles. The van der Waals surface area contributed by atoms with E-state index in [1.54, 1.807) is 0 Å². The van der Waals surface area contributed by atoms with E-state index in [4.69, 9.17) is 0 Å². The Morgan fingerprint density at radius 3 is 2.41 bits per heavy atom. The molecule has 0 radical (unpaired) electrons. The zero-order chi connectivity index (χ0) is 20.2. The Hall–Kier alpha value is -2.43. The van der Waals surface area contributed by atoms with Crippen molar-refractivity contribution in [1.82, 2.24) is 10.0 Å². The number of carbonyl (C=O) groups is 1. The van der Waals surface area contributed by atoms with Gasteiger partial charge in [0.15, 0.2) is 0 Å². The first kappa shape index (κ1) is 20.9. The van der Waals surface area contributed by atoms with Crippen molar-refractivity contribution in [2.45, 2.75) is 24.0 Å². The molecule has 0 aliphatic carbocycles. The van der Waals surface area contributed by atoms with Gasteiger partial charge in [0.05, 0.1) is 12.1 Å². The van der Waals surface area contributed by atoms with Crippen molar-refractivity contribution in [3.63, 3.8) is 0 Å². The van der Waals surface area contributed by atoms with Crippen molar-refractivity contribution < 1.29 is 31.5 Å². The maximum Gasteiger partial charge on any atom is 0.244 e. The maximum absolute atomic E-state index is 13.6. The van der Waals surface area contributed by atoms with Gasteiger partial charge in [0.1, 0.15) is 22.3 Å². The van der Waals surface area contributed by atoms with Gasteiger partial charge in [0.2, 0.25) is 15.9 Å². The Morgan fingerprint density at radius 1 is 1.11 bits per heavy atom. The van der Waals surface area contributed by atoms with Crippen molar-refractivity contribution in [1.29, 1.82) is 0 Å². The predicted molar refractivity (Wildman–Crippen MR) is 90.5 cm³/mol. The predicted octanol–water partition coefficient (Wildman–Crippen LogP) is 1.62. The summed E-state index contributed by atoms with van der Waals surface area (Å²) >= 11 is 0.